The first kappa shape index (κ1) is 14.4. The summed E-state index contributed by atoms with van der Waals surface area (Å²) < 4.78 is 0. The zero-order valence-corrected chi connectivity index (χ0v) is 11.0. The first-order chi connectivity index (χ1) is 9.49. The largest absolute Gasteiger partial charge is 0.477 e. The third-order valence-corrected chi connectivity index (χ3v) is 3.48. The second kappa shape index (κ2) is 5.98. The summed E-state index contributed by atoms with van der Waals surface area (Å²) in [4.78, 5) is 23.6. The van der Waals surface area contributed by atoms with E-state index < -0.39 is 10.9 Å². The average molecular weight is 279 g/mol. The van der Waals surface area contributed by atoms with Crippen LogP contribution in [0.1, 0.15) is 28.8 Å². The maximum atomic E-state index is 11.3. The Bertz CT molecular complexity index is 532. The second-order valence-electron chi connectivity index (χ2n) is 5.01. The minimum absolute atomic E-state index is 0.0794. The number of carboxylic acid groups (broad SMARTS) is 1. The van der Waals surface area contributed by atoms with Crippen molar-refractivity contribution in [3.05, 3.63) is 39.4 Å². The molecule has 7 nitrogen and oxygen atoms in total. The van der Waals surface area contributed by atoms with Gasteiger partial charge in [0.25, 0.3) is 5.69 Å². The lowest BCUT2D eigenvalue weighted by Crippen LogP contribution is -2.42. The average Bonchev–Trinajstić information content (AvgIpc) is 2.38. The van der Waals surface area contributed by atoms with Crippen LogP contribution < -0.4 is 5.73 Å². The molecule has 7 heteroatoms. The summed E-state index contributed by atoms with van der Waals surface area (Å²) in [6, 6.07) is 4.44. The number of hydrogen-bond acceptors (Lipinski definition) is 5. The van der Waals surface area contributed by atoms with E-state index in [-0.39, 0.29) is 17.3 Å². The lowest BCUT2D eigenvalue weighted by Gasteiger charge is -2.30. The minimum atomic E-state index is -1.27. The van der Waals surface area contributed by atoms with Crippen LogP contribution >= 0.6 is 0 Å². The maximum Gasteiger partial charge on any atom is 0.343 e. The Balaban J connectivity index is 2.29. The van der Waals surface area contributed by atoms with Crippen molar-refractivity contribution >= 4 is 11.7 Å². The highest BCUT2D eigenvalue weighted by Gasteiger charge is 2.25. The number of benzene rings is 1. The molecule has 3 N–H and O–H groups in total. The summed E-state index contributed by atoms with van der Waals surface area (Å²) in [6.07, 6.45) is 1.91. The summed E-state index contributed by atoms with van der Waals surface area (Å²) in [7, 11) is 0. The van der Waals surface area contributed by atoms with Gasteiger partial charge in [-0.1, -0.05) is 12.1 Å². The zero-order valence-electron chi connectivity index (χ0n) is 11.0. The molecule has 1 aromatic carbocycles. The molecular formula is C13H17N3O4. The molecule has 1 heterocycles. The lowest BCUT2D eigenvalue weighted by atomic mass is 10.0. The summed E-state index contributed by atoms with van der Waals surface area (Å²) in [6.45, 7) is 1.88. The fraction of sp³-hybridized carbons (Fsp3) is 0.462. The van der Waals surface area contributed by atoms with Crippen LogP contribution in [0.5, 0.6) is 0 Å². The minimum Gasteiger partial charge on any atom is -0.477 e. The number of likely N-dealkylation sites (tertiary alicyclic amines) is 1. The van der Waals surface area contributed by atoms with Crippen molar-refractivity contribution in [3.63, 3.8) is 0 Å². The molecule has 1 aromatic rings. The molecule has 20 heavy (non-hydrogen) atoms. The highest BCUT2D eigenvalue weighted by atomic mass is 16.6. The number of aromatic carboxylic acids is 1. The summed E-state index contributed by atoms with van der Waals surface area (Å²) >= 11 is 0. The van der Waals surface area contributed by atoms with Crippen molar-refractivity contribution in [1.29, 1.82) is 0 Å². The van der Waals surface area contributed by atoms with Crippen LogP contribution in [0.25, 0.3) is 0 Å². The fourth-order valence-corrected chi connectivity index (χ4v) is 2.59. The molecule has 1 fully saturated rings. The van der Waals surface area contributed by atoms with Crippen molar-refractivity contribution in [2.24, 2.45) is 5.73 Å². The van der Waals surface area contributed by atoms with E-state index in [0.717, 1.165) is 19.4 Å². The van der Waals surface area contributed by atoms with Crippen molar-refractivity contribution in [2.45, 2.75) is 25.4 Å². The molecule has 0 amide bonds. The Hall–Kier alpha value is -1.99. The predicted octanol–water partition coefficient (Wildman–Crippen LogP) is 1.22. The maximum absolute atomic E-state index is 11.3. The van der Waals surface area contributed by atoms with Crippen LogP contribution in [0.2, 0.25) is 0 Å². The van der Waals surface area contributed by atoms with Gasteiger partial charge in [-0.05, 0) is 24.9 Å². The van der Waals surface area contributed by atoms with Crippen LogP contribution in [0.15, 0.2) is 18.2 Å². The molecule has 1 aliphatic rings. The second-order valence-corrected chi connectivity index (χ2v) is 5.01. The SMILES string of the molecule is NC1CCCN(Cc2cccc([N+](=O)[O-])c2C(=O)O)C1. The first-order valence-electron chi connectivity index (χ1n) is 6.46. The van der Waals surface area contributed by atoms with Gasteiger partial charge in [0, 0.05) is 25.2 Å². The number of nitrogens with zero attached hydrogens (tertiary/aromatic N) is 2. The smallest absolute Gasteiger partial charge is 0.343 e. The van der Waals surface area contributed by atoms with Crippen molar-refractivity contribution in [1.82, 2.24) is 4.90 Å². The van der Waals surface area contributed by atoms with E-state index in [1.807, 2.05) is 4.90 Å². The van der Waals surface area contributed by atoms with E-state index in [1.165, 1.54) is 12.1 Å². The van der Waals surface area contributed by atoms with Crippen LogP contribution in [0.4, 0.5) is 5.69 Å². The Kier molecular flexibility index (Phi) is 4.31. The molecular weight excluding hydrogens is 262 g/mol. The molecule has 1 unspecified atom stereocenters. The number of rotatable bonds is 4. The number of nitro groups is 1. The van der Waals surface area contributed by atoms with Gasteiger partial charge in [0.05, 0.1) is 4.92 Å². The standard InChI is InChI=1S/C13H17N3O4/c14-10-4-2-6-15(8-10)7-9-3-1-5-11(16(19)20)12(9)13(17)18/h1,3,5,10H,2,4,6-8,14H2,(H,17,18). The molecule has 1 saturated heterocycles. The lowest BCUT2D eigenvalue weighted by molar-refractivity contribution is -0.385. The quantitative estimate of drug-likeness (QED) is 0.633. The summed E-state index contributed by atoms with van der Waals surface area (Å²) in [5, 5.41) is 20.2. The van der Waals surface area contributed by atoms with Crippen LogP contribution in [-0.2, 0) is 6.54 Å². The van der Waals surface area contributed by atoms with E-state index in [0.29, 0.717) is 18.7 Å². The van der Waals surface area contributed by atoms with Crippen LogP contribution in [0, 0.1) is 10.1 Å². The number of nitro benzene ring substituents is 1. The molecule has 0 aromatic heterocycles. The van der Waals surface area contributed by atoms with Crippen LogP contribution in [-0.4, -0.2) is 40.0 Å². The van der Waals surface area contributed by atoms with Gasteiger partial charge in [0.15, 0.2) is 0 Å². The highest BCUT2D eigenvalue weighted by molar-refractivity contribution is 5.94. The number of nitrogens with two attached hydrogens (primary N) is 1. The monoisotopic (exact) mass is 279 g/mol. The van der Waals surface area contributed by atoms with Crippen molar-refractivity contribution in [3.8, 4) is 0 Å². The van der Waals surface area contributed by atoms with Gasteiger partial charge in [-0.25, -0.2) is 4.79 Å². The normalized spacial score (nSPS) is 19.8. The molecule has 1 aliphatic heterocycles. The third-order valence-electron chi connectivity index (χ3n) is 3.48. The number of piperidine rings is 1. The zero-order chi connectivity index (χ0) is 14.7. The molecule has 0 saturated carbocycles. The molecule has 0 radical (unpaired) electrons. The van der Waals surface area contributed by atoms with Gasteiger partial charge < -0.3 is 10.8 Å². The van der Waals surface area contributed by atoms with Gasteiger partial charge in [0.2, 0.25) is 0 Å². The molecule has 108 valence electrons. The van der Waals surface area contributed by atoms with Gasteiger partial charge in [-0.15, -0.1) is 0 Å². The summed E-state index contributed by atoms with van der Waals surface area (Å²) in [5.74, 6) is -1.27. The van der Waals surface area contributed by atoms with Crippen molar-refractivity contribution < 1.29 is 14.8 Å². The van der Waals surface area contributed by atoms with Gasteiger partial charge in [0.1, 0.15) is 5.56 Å². The summed E-state index contributed by atoms with van der Waals surface area (Å²) in [5.41, 5.74) is 5.76. The van der Waals surface area contributed by atoms with E-state index in [9.17, 15) is 20.0 Å². The molecule has 0 spiro atoms. The van der Waals surface area contributed by atoms with E-state index in [2.05, 4.69) is 0 Å². The Morgan fingerprint density at radius 1 is 1.55 bits per heavy atom. The van der Waals surface area contributed by atoms with E-state index in [1.54, 1.807) is 6.07 Å². The number of hydrogen-bond donors (Lipinski definition) is 2. The van der Waals surface area contributed by atoms with E-state index >= 15 is 0 Å². The Labute approximate surface area is 116 Å². The predicted molar refractivity (Wildman–Crippen MR) is 72.5 cm³/mol. The molecule has 0 aliphatic carbocycles. The number of carbonyl (C=O) groups is 1. The Morgan fingerprint density at radius 3 is 2.90 bits per heavy atom. The Morgan fingerprint density at radius 2 is 2.30 bits per heavy atom. The third kappa shape index (κ3) is 3.12. The molecule has 1 atom stereocenters. The van der Waals surface area contributed by atoms with Crippen molar-refractivity contribution in [2.75, 3.05) is 13.1 Å². The fourth-order valence-electron chi connectivity index (χ4n) is 2.59. The van der Waals surface area contributed by atoms with Gasteiger partial charge >= 0.3 is 5.97 Å². The first-order valence-corrected chi connectivity index (χ1v) is 6.46. The van der Waals surface area contributed by atoms with Crippen LogP contribution in [0.3, 0.4) is 0 Å². The van der Waals surface area contributed by atoms with E-state index in [4.69, 9.17) is 5.73 Å². The molecule has 2 rings (SSSR count). The topological polar surface area (TPSA) is 110 Å². The van der Waals surface area contributed by atoms with Gasteiger partial charge in [-0.2, -0.15) is 0 Å². The molecule has 0 bridgehead atoms. The number of carboxylic acids is 1. The highest BCUT2D eigenvalue weighted by Crippen LogP contribution is 2.24. The van der Waals surface area contributed by atoms with Gasteiger partial charge in [-0.3, -0.25) is 15.0 Å².